The molecule has 126 valence electrons. The van der Waals surface area contributed by atoms with Gasteiger partial charge >= 0.3 is 5.69 Å². The predicted molar refractivity (Wildman–Crippen MR) is 90.8 cm³/mol. The van der Waals surface area contributed by atoms with E-state index in [-0.39, 0.29) is 23.7 Å². The monoisotopic (exact) mass is 326 g/mol. The molecule has 6 heteroatoms. The van der Waals surface area contributed by atoms with Crippen molar-refractivity contribution in [2.24, 2.45) is 0 Å². The minimum atomic E-state index is -0.343. The molecule has 1 aromatic carbocycles. The number of carbonyl (C=O) groups is 1. The second-order valence-corrected chi connectivity index (χ2v) is 6.65. The van der Waals surface area contributed by atoms with E-state index in [2.05, 4.69) is 27.4 Å². The van der Waals surface area contributed by atoms with Gasteiger partial charge in [0.1, 0.15) is 5.69 Å². The molecule has 0 bridgehead atoms. The minimum absolute atomic E-state index is 0.0395. The highest BCUT2D eigenvalue weighted by molar-refractivity contribution is 5.93. The first-order valence-corrected chi connectivity index (χ1v) is 8.63. The molecule has 3 atom stereocenters. The van der Waals surface area contributed by atoms with Gasteiger partial charge in [0, 0.05) is 18.3 Å². The lowest BCUT2D eigenvalue weighted by Crippen LogP contribution is -2.44. The highest BCUT2D eigenvalue weighted by Crippen LogP contribution is 2.39. The average molecular weight is 326 g/mol. The molecule has 2 fully saturated rings. The maximum absolute atomic E-state index is 13.1. The molecule has 2 aliphatic heterocycles. The number of benzene rings is 1. The van der Waals surface area contributed by atoms with Crippen molar-refractivity contribution in [3.63, 3.8) is 0 Å². The summed E-state index contributed by atoms with van der Waals surface area (Å²) in [5.41, 5.74) is 1.15. The van der Waals surface area contributed by atoms with E-state index in [4.69, 9.17) is 0 Å². The van der Waals surface area contributed by atoms with Crippen molar-refractivity contribution in [1.29, 1.82) is 0 Å². The van der Waals surface area contributed by atoms with Crippen molar-refractivity contribution in [2.45, 2.75) is 43.8 Å². The third-order valence-electron chi connectivity index (χ3n) is 5.21. The fraction of sp³-hybridized carbons (Fsp3) is 0.444. The fourth-order valence-electron chi connectivity index (χ4n) is 4.11. The Morgan fingerprint density at radius 3 is 2.75 bits per heavy atom. The number of likely N-dealkylation sites (tertiary alicyclic amines) is 1. The second-order valence-electron chi connectivity index (χ2n) is 6.65. The molecule has 1 amide bonds. The Balaban J connectivity index is 1.72. The van der Waals surface area contributed by atoms with Gasteiger partial charge < -0.3 is 20.2 Å². The van der Waals surface area contributed by atoms with Crippen LogP contribution in [0.15, 0.2) is 41.3 Å². The van der Waals surface area contributed by atoms with Crippen LogP contribution in [0.25, 0.3) is 0 Å². The largest absolute Gasteiger partial charge is 0.326 e. The summed E-state index contributed by atoms with van der Waals surface area (Å²) in [6.07, 6.45) is 5.65. The molecule has 0 spiro atoms. The number of hydrogen-bond acceptors (Lipinski definition) is 3. The summed E-state index contributed by atoms with van der Waals surface area (Å²) in [6.45, 7) is 1.01. The van der Waals surface area contributed by atoms with E-state index in [0.717, 1.165) is 37.8 Å². The van der Waals surface area contributed by atoms with E-state index >= 15 is 0 Å². The van der Waals surface area contributed by atoms with Crippen LogP contribution < -0.4 is 11.0 Å². The van der Waals surface area contributed by atoms with E-state index in [1.807, 2.05) is 23.1 Å². The molecule has 0 aliphatic carbocycles. The van der Waals surface area contributed by atoms with E-state index in [9.17, 15) is 9.59 Å². The zero-order chi connectivity index (χ0) is 16.5. The van der Waals surface area contributed by atoms with Gasteiger partial charge in [-0.25, -0.2) is 4.79 Å². The first-order chi connectivity index (χ1) is 11.7. The van der Waals surface area contributed by atoms with Gasteiger partial charge in [-0.1, -0.05) is 36.8 Å². The number of rotatable bonds is 2. The van der Waals surface area contributed by atoms with Crippen molar-refractivity contribution in [3.8, 4) is 0 Å². The number of H-pyrrole nitrogens is 2. The van der Waals surface area contributed by atoms with Crippen molar-refractivity contribution in [3.05, 3.63) is 58.3 Å². The SMILES string of the molecule is O=C(c1c[nH]c(=O)[nH]1)N1[C@H](c2ccccc2)C[C@H]2NCCCC[C@@H]21. The number of aromatic nitrogens is 2. The number of carbonyl (C=O) groups excluding carboxylic acids is 1. The molecule has 4 rings (SSSR count). The number of hydrogen-bond donors (Lipinski definition) is 3. The summed E-state index contributed by atoms with van der Waals surface area (Å²) in [4.78, 5) is 31.7. The molecule has 2 aromatic rings. The first kappa shape index (κ1) is 15.2. The van der Waals surface area contributed by atoms with E-state index < -0.39 is 0 Å². The van der Waals surface area contributed by atoms with Crippen LogP contribution in [0, 0.1) is 0 Å². The van der Waals surface area contributed by atoms with E-state index in [0.29, 0.717) is 11.7 Å². The maximum Gasteiger partial charge on any atom is 0.323 e. The van der Waals surface area contributed by atoms with Crippen LogP contribution in [0.2, 0.25) is 0 Å². The molecule has 2 aliphatic rings. The highest BCUT2D eigenvalue weighted by Gasteiger charge is 2.44. The van der Waals surface area contributed by atoms with Crippen LogP contribution >= 0.6 is 0 Å². The third kappa shape index (κ3) is 2.67. The predicted octanol–water partition coefficient (Wildman–Crippen LogP) is 1.80. The zero-order valence-corrected chi connectivity index (χ0v) is 13.5. The number of amides is 1. The van der Waals surface area contributed by atoms with Crippen LogP contribution in [0.5, 0.6) is 0 Å². The van der Waals surface area contributed by atoms with Gasteiger partial charge in [0.25, 0.3) is 5.91 Å². The summed E-state index contributed by atoms with van der Waals surface area (Å²) >= 11 is 0. The lowest BCUT2D eigenvalue weighted by atomic mass is 10.0. The van der Waals surface area contributed by atoms with Gasteiger partial charge in [0.05, 0.1) is 6.04 Å². The van der Waals surface area contributed by atoms with Crippen molar-refractivity contribution >= 4 is 5.91 Å². The topological polar surface area (TPSA) is 81.0 Å². The molecule has 0 unspecified atom stereocenters. The summed E-state index contributed by atoms with van der Waals surface area (Å²) < 4.78 is 0. The van der Waals surface area contributed by atoms with Crippen molar-refractivity contribution in [2.75, 3.05) is 6.54 Å². The summed E-state index contributed by atoms with van der Waals surface area (Å²) in [6, 6.07) is 10.7. The molecule has 1 aromatic heterocycles. The molecule has 3 N–H and O–H groups in total. The Labute approximate surface area is 140 Å². The van der Waals surface area contributed by atoms with E-state index in [1.54, 1.807) is 0 Å². The van der Waals surface area contributed by atoms with Gasteiger partial charge in [0.2, 0.25) is 0 Å². The quantitative estimate of drug-likeness (QED) is 0.787. The van der Waals surface area contributed by atoms with Crippen LogP contribution in [-0.4, -0.2) is 39.4 Å². The highest BCUT2D eigenvalue weighted by atomic mass is 16.2. The normalized spacial score (nSPS) is 26.8. The number of nitrogens with one attached hydrogen (secondary N) is 3. The van der Waals surface area contributed by atoms with Crippen LogP contribution in [0.4, 0.5) is 0 Å². The number of nitrogens with zero attached hydrogens (tertiary/aromatic N) is 1. The molecule has 3 heterocycles. The molecule has 6 nitrogen and oxygen atoms in total. The van der Waals surface area contributed by atoms with Gasteiger partial charge in [0.15, 0.2) is 0 Å². The summed E-state index contributed by atoms with van der Waals surface area (Å²) in [5, 5.41) is 3.61. The first-order valence-electron chi connectivity index (χ1n) is 8.63. The standard InChI is InChI=1S/C18H22N4O2/c23-17(14-11-20-18(24)21-14)22-15-8-4-5-9-19-13(15)10-16(22)12-6-2-1-3-7-12/h1-3,6-7,11,13,15-16,19H,4-5,8-10H2,(H2,20,21,24)/t13-,15+,16+/m1/s1. The Hall–Kier alpha value is -2.34. The second kappa shape index (κ2) is 6.28. The van der Waals surface area contributed by atoms with Gasteiger partial charge in [-0.15, -0.1) is 0 Å². The number of aromatic amines is 2. The summed E-state index contributed by atoms with van der Waals surface area (Å²) in [7, 11) is 0. The lowest BCUT2D eigenvalue weighted by molar-refractivity contribution is 0.0644. The molecule has 0 radical (unpaired) electrons. The third-order valence-corrected chi connectivity index (χ3v) is 5.21. The lowest BCUT2D eigenvalue weighted by Gasteiger charge is -2.31. The van der Waals surface area contributed by atoms with Crippen LogP contribution in [0.1, 0.15) is 47.8 Å². The number of fused-ring (bicyclic) bond motifs is 1. The molecule has 2 saturated heterocycles. The van der Waals surface area contributed by atoms with Gasteiger partial charge in [-0.05, 0) is 31.4 Å². The molecule has 24 heavy (non-hydrogen) atoms. The van der Waals surface area contributed by atoms with E-state index in [1.165, 1.54) is 6.20 Å². The smallest absolute Gasteiger partial charge is 0.323 e. The average Bonchev–Trinajstić information content (AvgIpc) is 3.12. The van der Waals surface area contributed by atoms with Gasteiger partial charge in [-0.2, -0.15) is 0 Å². The van der Waals surface area contributed by atoms with Gasteiger partial charge in [-0.3, -0.25) is 4.79 Å². The van der Waals surface area contributed by atoms with Crippen molar-refractivity contribution < 1.29 is 4.79 Å². The zero-order valence-electron chi connectivity index (χ0n) is 13.5. The minimum Gasteiger partial charge on any atom is -0.326 e. The number of imidazole rings is 1. The maximum atomic E-state index is 13.1. The molecular formula is C18H22N4O2. The summed E-state index contributed by atoms with van der Waals surface area (Å²) in [5.74, 6) is -0.0987. The molecular weight excluding hydrogens is 304 g/mol. The fourth-order valence-corrected chi connectivity index (χ4v) is 4.11. The Morgan fingerprint density at radius 1 is 1.17 bits per heavy atom. The Morgan fingerprint density at radius 2 is 2.00 bits per heavy atom. The molecule has 0 saturated carbocycles. The Kier molecular flexibility index (Phi) is 3.98. The van der Waals surface area contributed by atoms with Crippen LogP contribution in [0.3, 0.4) is 0 Å². The van der Waals surface area contributed by atoms with Crippen molar-refractivity contribution in [1.82, 2.24) is 20.2 Å². The van der Waals surface area contributed by atoms with Crippen LogP contribution in [-0.2, 0) is 0 Å². The Bertz CT molecular complexity index is 767.